The fourth-order valence-electron chi connectivity index (χ4n) is 2.31. The molecule has 1 aromatic carbocycles. The van der Waals surface area contributed by atoms with Gasteiger partial charge in [0.15, 0.2) is 0 Å². The maximum atomic E-state index is 14.1. The fraction of sp³-hybridized carbons (Fsp3) is 0.429. The first-order valence-electron chi connectivity index (χ1n) is 6.86. The third kappa shape index (κ3) is 3.37. The maximum Gasteiger partial charge on any atom is 0.138 e. The van der Waals surface area contributed by atoms with Crippen molar-refractivity contribution in [1.82, 2.24) is 20.2 Å². The Kier molecular flexibility index (Phi) is 5.24. The van der Waals surface area contributed by atoms with Crippen molar-refractivity contribution in [3.63, 3.8) is 0 Å². The number of benzene rings is 1. The number of aromatic nitrogens is 3. The van der Waals surface area contributed by atoms with Crippen molar-refractivity contribution in [2.24, 2.45) is 5.84 Å². The van der Waals surface area contributed by atoms with Crippen LogP contribution >= 0.6 is 0 Å². The average molecular weight is 293 g/mol. The second-order valence-corrected chi connectivity index (χ2v) is 4.68. The highest BCUT2D eigenvalue weighted by molar-refractivity contribution is 5.37. The Morgan fingerprint density at radius 3 is 2.95 bits per heavy atom. The van der Waals surface area contributed by atoms with E-state index in [0.29, 0.717) is 17.7 Å². The summed E-state index contributed by atoms with van der Waals surface area (Å²) < 4.78 is 21.2. The fourth-order valence-corrected chi connectivity index (χ4v) is 2.31. The van der Waals surface area contributed by atoms with Crippen molar-refractivity contribution in [3.05, 3.63) is 41.7 Å². The molecule has 0 spiro atoms. The Labute approximate surface area is 123 Å². The number of ether oxygens (including phenoxy) is 1. The number of nitrogens with one attached hydrogen (secondary N) is 1. The van der Waals surface area contributed by atoms with E-state index in [4.69, 9.17) is 10.6 Å². The molecule has 1 atom stereocenters. The molecule has 2 aromatic rings. The molecule has 0 aliphatic carbocycles. The third-order valence-electron chi connectivity index (χ3n) is 3.30. The largest absolute Gasteiger partial charge is 0.496 e. The van der Waals surface area contributed by atoms with Crippen LogP contribution in [0.3, 0.4) is 0 Å². The second-order valence-electron chi connectivity index (χ2n) is 4.68. The predicted octanol–water partition coefficient (Wildman–Crippen LogP) is 1.58. The third-order valence-corrected chi connectivity index (χ3v) is 3.30. The number of nitrogens with zero attached hydrogens (tertiary/aromatic N) is 3. The molecule has 2 rings (SSSR count). The Hall–Kier alpha value is -1.99. The minimum Gasteiger partial charge on any atom is -0.496 e. The van der Waals surface area contributed by atoms with Gasteiger partial charge in [0.2, 0.25) is 0 Å². The molecule has 1 unspecified atom stereocenters. The number of hydrogen-bond acceptors (Lipinski definition) is 5. The van der Waals surface area contributed by atoms with Gasteiger partial charge in [0.1, 0.15) is 23.7 Å². The van der Waals surface area contributed by atoms with E-state index < -0.39 is 6.04 Å². The van der Waals surface area contributed by atoms with Crippen LogP contribution in [0.4, 0.5) is 4.39 Å². The van der Waals surface area contributed by atoms with Gasteiger partial charge in [0, 0.05) is 18.5 Å². The summed E-state index contributed by atoms with van der Waals surface area (Å²) in [7, 11) is 1.51. The van der Waals surface area contributed by atoms with Gasteiger partial charge in [0.25, 0.3) is 0 Å². The molecule has 0 aliphatic rings. The monoisotopic (exact) mass is 293 g/mol. The molecule has 0 saturated heterocycles. The highest BCUT2D eigenvalue weighted by Crippen LogP contribution is 2.29. The van der Waals surface area contributed by atoms with Crippen molar-refractivity contribution < 1.29 is 9.13 Å². The quantitative estimate of drug-likeness (QED) is 0.598. The molecule has 3 N–H and O–H groups in total. The zero-order chi connectivity index (χ0) is 15.2. The first kappa shape index (κ1) is 15.4. The van der Waals surface area contributed by atoms with E-state index in [-0.39, 0.29) is 5.82 Å². The molecule has 1 aromatic heterocycles. The molecule has 0 bridgehead atoms. The van der Waals surface area contributed by atoms with Gasteiger partial charge in [-0.15, -0.1) is 0 Å². The van der Waals surface area contributed by atoms with Gasteiger partial charge in [-0.1, -0.05) is 13.0 Å². The number of nitrogens with two attached hydrogens (primary N) is 1. The average Bonchev–Trinajstić information content (AvgIpc) is 2.92. The van der Waals surface area contributed by atoms with Gasteiger partial charge in [-0.25, -0.2) is 9.37 Å². The van der Waals surface area contributed by atoms with Crippen LogP contribution in [-0.2, 0) is 13.0 Å². The number of hydrazine groups is 1. The van der Waals surface area contributed by atoms with Gasteiger partial charge in [-0.3, -0.25) is 16.0 Å². The molecule has 0 saturated carbocycles. The lowest BCUT2D eigenvalue weighted by Crippen LogP contribution is -2.31. The molecule has 0 fully saturated rings. The highest BCUT2D eigenvalue weighted by atomic mass is 19.1. The van der Waals surface area contributed by atoms with Gasteiger partial charge in [-0.2, -0.15) is 5.10 Å². The molecule has 0 amide bonds. The SMILES string of the molecule is CCCn1ncnc1CC(NN)c1c(F)cccc1OC. The van der Waals surface area contributed by atoms with Crippen LogP contribution in [0.15, 0.2) is 24.5 Å². The van der Waals surface area contributed by atoms with Crippen LogP contribution in [0.5, 0.6) is 5.75 Å². The molecule has 7 heteroatoms. The van der Waals surface area contributed by atoms with E-state index in [9.17, 15) is 4.39 Å². The van der Waals surface area contributed by atoms with Crippen LogP contribution in [-0.4, -0.2) is 21.9 Å². The molecular weight excluding hydrogens is 273 g/mol. The van der Waals surface area contributed by atoms with Crippen LogP contribution in [0, 0.1) is 5.82 Å². The van der Waals surface area contributed by atoms with E-state index in [2.05, 4.69) is 22.4 Å². The first-order chi connectivity index (χ1) is 10.2. The summed E-state index contributed by atoms with van der Waals surface area (Å²) in [5.74, 6) is 6.46. The zero-order valence-electron chi connectivity index (χ0n) is 12.2. The molecule has 0 aliphatic heterocycles. The summed E-state index contributed by atoms with van der Waals surface area (Å²) in [5.41, 5.74) is 3.04. The molecule has 6 nitrogen and oxygen atoms in total. The Balaban J connectivity index is 2.30. The van der Waals surface area contributed by atoms with Gasteiger partial charge < -0.3 is 4.74 Å². The summed E-state index contributed by atoms with van der Waals surface area (Å²) >= 11 is 0. The van der Waals surface area contributed by atoms with Crippen LogP contribution in [0.25, 0.3) is 0 Å². The van der Waals surface area contributed by atoms with Crippen LogP contribution in [0.1, 0.15) is 30.8 Å². The molecule has 114 valence electrons. The lowest BCUT2D eigenvalue weighted by Gasteiger charge is -2.19. The summed E-state index contributed by atoms with van der Waals surface area (Å²) in [6.07, 6.45) is 2.87. The van der Waals surface area contributed by atoms with Gasteiger partial charge in [0.05, 0.1) is 13.2 Å². The maximum absolute atomic E-state index is 14.1. The van der Waals surface area contributed by atoms with E-state index in [1.165, 1.54) is 19.5 Å². The predicted molar refractivity (Wildman–Crippen MR) is 77.0 cm³/mol. The topological polar surface area (TPSA) is 78.0 Å². The van der Waals surface area contributed by atoms with Crippen LogP contribution in [0.2, 0.25) is 0 Å². The lowest BCUT2D eigenvalue weighted by molar-refractivity contribution is 0.387. The van der Waals surface area contributed by atoms with Crippen LogP contribution < -0.4 is 16.0 Å². The minimum atomic E-state index is -0.444. The van der Waals surface area contributed by atoms with Gasteiger partial charge in [-0.05, 0) is 18.6 Å². The highest BCUT2D eigenvalue weighted by Gasteiger charge is 2.21. The van der Waals surface area contributed by atoms with E-state index in [1.54, 1.807) is 16.8 Å². The van der Waals surface area contributed by atoms with Crippen molar-refractivity contribution in [3.8, 4) is 5.75 Å². The Bertz CT molecular complexity index is 586. The minimum absolute atomic E-state index is 0.362. The molecular formula is C14H20FN5O. The first-order valence-corrected chi connectivity index (χ1v) is 6.86. The molecule has 0 radical (unpaired) electrons. The lowest BCUT2D eigenvalue weighted by atomic mass is 10.0. The number of rotatable bonds is 7. The molecule has 21 heavy (non-hydrogen) atoms. The van der Waals surface area contributed by atoms with Crippen molar-refractivity contribution in [1.29, 1.82) is 0 Å². The van der Waals surface area contributed by atoms with E-state index in [0.717, 1.165) is 18.8 Å². The second kappa shape index (κ2) is 7.14. The number of halogens is 1. The summed E-state index contributed by atoms with van der Waals surface area (Å²) in [5, 5.41) is 4.16. The van der Waals surface area contributed by atoms with Crippen molar-refractivity contribution in [2.45, 2.75) is 32.4 Å². The van der Waals surface area contributed by atoms with Gasteiger partial charge >= 0.3 is 0 Å². The standard InChI is InChI=1S/C14H20FN5O/c1-3-7-20-13(17-9-18-20)8-11(19-16)14-10(15)5-4-6-12(14)21-2/h4-6,9,11,19H,3,7-8,16H2,1-2H3. The Morgan fingerprint density at radius 1 is 1.48 bits per heavy atom. The molecule has 1 heterocycles. The van der Waals surface area contributed by atoms with E-state index in [1.807, 2.05) is 0 Å². The van der Waals surface area contributed by atoms with Crippen molar-refractivity contribution in [2.75, 3.05) is 7.11 Å². The normalized spacial score (nSPS) is 12.4. The Morgan fingerprint density at radius 2 is 2.29 bits per heavy atom. The zero-order valence-corrected chi connectivity index (χ0v) is 12.2. The van der Waals surface area contributed by atoms with E-state index >= 15 is 0 Å². The van der Waals surface area contributed by atoms with Crippen molar-refractivity contribution >= 4 is 0 Å². The number of aryl methyl sites for hydroxylation is 1. The number of hydrogen-bond donors (Lipinski definition) is 2. The smallest absolute Gasteiger partial charge is 0.138 e. The summed E-state index contributed by atoms with van der Waals surface area (Å²) in [6, 6.07) is 4.25. The summed E-state index contributed by atoms with van der Waals surface area (Å²) in [6.45, 7) is 2.82. The number of methoxy groups -OCH3 is 1. The summed E-state index contributed by atoms with van der Waals surface area (Å²) in [4.78, 5) is 4.23.